The molecule has 1 N–H and O–H groups in total. The van der Waals surface area contributed by atoms with Crippen molar-refractivity contribution in [2.24, 2.45) is 5.92 Å². The van der Waals surface area contributed by atoms with Crippen LogP contribution in [-0.2, 0) is 16.0 Å². The topological polar surface area (TPSA) is 71.1 Å². The van der Waals surface area contributed by atoms with Gasteiger partial charge in [0.25, 0.3) is 11.8 Å². The minimum Gasteiger partial charge on any atom is -0.493 e. The highest BCUT2D eigenvalue weighted by Crippen LogP contribution is 2.44. The molecule has 0 bridgehead atoms. The molecule has 3 heterocycles. The number of ether oxygens (including phenoxy) is 2. The number of thiocarbonyl (C=S) groups is 1. The number of fused-ring (bicyclic) bond motifs is 3. The van der Waals surface area contributed by atoms with Crippen LogP contribution < -0.4 is 19.7 Å². The summed E-state index contributed by atoms with van der Waals surface area (Å²) in [7, 11) is 3.29. The van der Waals surface area contributed by atoms with E-state index in [1.165, 1.54) is 16.0 Å². The van der Waals surface area contributed by atoms with E-state index in [-0.39, 0.29) is 22.6 Å². The zero-order chi connectivity index (χ0) is 25.6. The number of rotatable bonds is 4. The highest BCUT2D eigenvalue weighted by atomic mass is 35.5. The van der Waals surface area contributed by atoms with Crippen LogP contribution in [0.3, 0.4) is 0 Å². The number of carbonyl (C=O) groups is 2. The molecule has 1 saturated heterocycles. The van der Waals surface area contributed by atoms with Crippen molar-refractivity contribution in [1.82, 2.24) is 10.2 Å². The van der Waals surface area contributed by atoms with E-state index in [0.29, 0.717) is 16.5 Å². The fraction of sp³-hybridized carbons (Fsp3) is 0.296. The molecule has 2 aromatic rings. The van der Waals surface area contributed by atoms with Crippen LogP contribution in [0.5, 0.6) is 11.5 Å². The third-order valence-corrected chi connectivity index (χ3v) is 7.54. The number of allylic oxidation sites excluding steroid dienone is 2. The largest absolute Gasteiger partial charge is 0.493 e. The highest BCUT2D eigenvalue weighted by Gasteiger charge is 2.37. The molecule has 2 atom stereocenters. The van der Waals surface area contributed by atoms with Crippen molar-refractivity contribution >= 4 is 46.4 Å². The molecule has 0 saturated carbocycles. The zero-order valence-corrected chi connectivity index (χ0v) is 21.8. The van der Waals surface area contributed by atoms with Gasteiger partial charge >= 0.3 is 0 Å². The quantitative estimate of drug-likeness (QED) is 0.360. The Morgan fingerprint density at radius 1 is 1.11 bits per heavy atom. The number of anilines is 1. The first-order valence-corrected chi connectivity index (χ1v) is 12.5. The molecule has 0 aromatic heterocycles. The lowest BCUT2D eigenvalue weighted by atomic mass is 9.81. The van der Waals surface area contributed by atoms with Gasteiger partial charge in [0.15, 0.2) is 16.6 Å². The highest BCUT2D eigenvalue weighted by molar-refractivity contribution is 7.80. The second kappa shape index (κ2) is 9.59. The van der Waals surface area contributed by atoms with Gasteiger partial charge in [-0.05, 0) is 90.2 Å². The Balaban J connectivity index is 1.47. The van der Waals surface area contributed by atoms with Gasteiger partial charge in [-0.1, -0.05) is 18.5 Å². The van der Waals surface area contributed by atoms with Gasteiger partial charge in [-0.25, -0.2) is 0 Å². The zero-order valence-electron chi connectivity index (χ0n) is 20.2. The van der Waals surface area contributed by atoms with Crippen LogP contribution >= 0.6 is 23.8 Å². The molecule has 1 unspecified atom stereocenters. The Morgan fingerprint density at radius 3 is 2.50 bits per heavy atom. The van der Waals surface area contributed by atoms with Gasteiger partial charge in [-0.2, -0.15) is 0 Å². The van der Waals surface area contributed by atoms with E-state index >= 15 is 0 Å². The molecule has 0 spiro atoms. The standard InChI is InChI=1S/C27H26ClN3O4S/c1-15-10-22-20-13-24(35-3)23(34-2)12-16(20)8-9-30(22)14-17(15)11-21-25(32)29-27(36)31(26(21)33)19-6-4-18(28)5-7-19/h4-7,11-15,22H,8-10H2,1-3H3,(H,29,32,36)/t15-,22?/m1/s1. The monoisotopic (exact) mass is 523 g/mol. The van der Waals surface area contributed by atoms with Crippen LogP contribution in [0.2, 0.25) is 5.02 Å². The first kappa shape index (κ1) is 24.3. The van der Waals surface area contributed by atoms with E-state index in [0.717, 1.165) is 30.7 Å². The molecule has 0 radical (unpaired) electrons. The van der Waals surface area contributed by atoms with E-state index in [4.69, 9.17) is 33.3 Å². The van der Waals surface area contributed by atoms with Crippen molar-refractivity contribution in [2.75, 3.05) is 25.7 Å². The molecule has 186 valence electrons. The maximum absolute atomic E-state index is 13.4. The van der Waals surface area contributed by atoms with Crippen LogP contribution in [0, 0.1) is 5.92 Å². The Hall–Kier alpha value is -3.36. The molecule has 36 heavy (non-hydrogen) atoms. The molecular formula is C27H26ClN3O4S. The molecule has 5 rings (SSSR count). The number of nitrogens with one attached hydrogen (secondary N) is 1. The second-order valence-electron chi connectivity index (χ2n) is 9.11. The molecule has 2 amide bonds. The number of methoxy groups -OCH3 is 2. The van der Waals surface area contributed by atoms with E-state index in [9.17, 15) is 9.59 Å². The Bertz CT molecular complexity index is 1320. The predicted octanol–water partition coefficient (Wildman–Crippen LogP) is 4.55. The van der Waals surface area contributed by atoms with Crippen LogP contribution in [0.4, 0.5) is 5.69 Å². The van der Waals surface area contributed by atoms with Crippen molar-refractivity contribution in [2.45, 2.75) is 25.8 Å². The van der Waals surface area contributed by atoms with E-state index < -0.39 is 11.8 Å². The molecule has 3 aliphatic rings. The third kappa shape index (κ3) is 4.24. The number of amides is 2. The van der Waals surface area contributed by atoms with Gasteiger partial charge in [0.2, 0.25) is 0 Å². The van der Waals surface area contributed by atoms with Gasteiger partial charge in [0.05, 0.1) is 25.9 Å². The number of hydrogen-bond donors (Lipinski definition) is 1. The van der Waals surface area contributed by atoms with Crippen molar-refractivity contribution in [1.29, 1.82) is 0 Å². The smallest absolute Gasteiger partial charge is 0.270 e. The summed E-state index contributed by atoms with van der Waals surface area (Å²) < 4.78 is 11.0. The summed E-state index contributed by atoms with van der Waals surface area (Å²) in [6.07, 6.45) is 5.48. The number of nitrogens with zero attached hydrogens (tertiary/aromatic N) is 2. The normalized spacial score (nSPS) is 22.6. The van der Waals surface area contributed by atoms with Crippen LogP contribution in [0.1, 0.15) is 30.5 Å². The summed E-state index contributed by atoms with van der Waals surface area (Å²) in [4.78, 5) is 29.8. The summed E-state index contributed by atoms with van der Waals surface area (Å²) in [5.41, 5.74) is 4.00. The van der Waals surface area contributed by atoms with E-state index in [2.05, 4.69) is 35.5 Å². The lowest BCUT2D eigenvalue weighted by Gasteiger charge is -2.42. The fourth-order valence-electron chi connectivity index (χ4n) is 5.08. The number of benzene rings is 2. The Labute approximate surface area is 220 Å². The average Bonchev–Trinajstić information content (AvgIpc) is 2.86. The van der Waals surface area contributed by atoms with E-state index in [1.54, 1.807) is 44.6 Å². The van der Waals surface area contributed by atoms with E-state index in [1.807, 2.05) is 0 Å². The maximum atomic E-state index is 13.4. The van der Waals surface area contributed by atoms with Gasteiger partial charge in [0.1, 0.15) is 5.57 Å². The summed E-state index contributed by atoms with van der Waals surface area (Å²) in [6, 6.07) is 11.1. The number of carbonyl (C=O) groups excluding carboxylic acids is 2. The molecule has 3 aliphatic heterocycles. The third-order valence-electron chi connectivity index (χ3n) is 7.00. The molecule has 9 heteroatoms. The van der Waals surface area contributed by atoms with Gasteiger partial charge in [0, 0.05) is 17.8 Å². The van der Waals surface area contributed by atoms with Gasteiger partial charge in [-0.3, -0.25) is 19.8 Å². The summed E-state index contributed by atoms with van der Waals surface area (Å²) in [5.74, 6) is 0.620. The van der Waals surface area contributed by atoms with Crippen molar-refractivity contribution in [3.8, 4) is 11.5 Å². The SMILES string of the molecule is COc1cc2c(cc1OC)C1C[C@@H](C)C(C=C3C(=O)NC(=S)N(c4ccc(Cl)cc4)C3=O)=CN1CC2. The number of halogens is 1. The van der Waals surface area contributed by atoms with Crippen molar-refractivity contribution in [3.63, 3.8) is 0 Å². The fourth-order valence-corrected chi connectivity index (χ4v) is 5.49. The summed E-state index contributed by atoms with van der Waals surface area (Å²) in [5, 5.41) is 3.24. The number of hydrogen-bond acceptors (Lipinski definition) is 6. The van der Waals surface area contributed by atoms with Crippen LogP contribution in [-0.4, -0.2) is 42.6 Å². The van der Waals surface area contributed by atoms with Gasteiger partial charge < -0.3 is 14.4 Å². The van der Waals surface area contributed by atoms with Crippen molar-refractivity contribution in [3.05, 3.63) is 76.0 Å². The molecule has 7 nitrogen and oxygen atoms in total. The lowest BCUT2D eigenvalue weighted by molar-refractivity contribution is -0.122. The first-order valence-electron chi connectivity index (χ1n) is 11.7. The van der Waals surface area contributed by atoms with Crippen molar-refractivity contribution < 1.29 is 19.1 Å². The summed E-state index contributed by atoms with van der Waals surface area (Å²) >= 11 is 11.3. The Kier molecular flexibility index (Phi) is 6.49. The van der Waals surface area contributed by atoms with Gasteiger partial charge in [-0.15, -0.1) is 0 Å². The lowest BCUT2D eigenvalue weighted by Crippen LogP contribution is -2.54. The molecule has 2 aromatic carbocycles. The maximum Gasteiger partial charge on any atom is 0.270 e. The molecular weight excluding hydrogens is 498 g/mol. The Morgan fingerprint density at radius 2 is 1.81 bits per heavy atom. The molecule has 1 fully saturated rings. The minimum atomic E-state index is -0.494. The van der Waals surface area contributed by atoms with Crippen LogP contribution in [0.15, 0.2) is 59.8 Å². The minimum absolute atomic E-state index is 0.0484. The second-order valence-corrected chi connectivity index (χ2v) is 9.93. The van der Waals surface area contributed by atoms with Crippen LogP contribution in [0.25, 0.3) is 0 Å². The first-order chi connectivity index (χ1) is 17.3. The average molecular weight is 524 g/mol. The summed E-state index contributed by atoms with van der Waals surface area (Å²) in [6.45, 7) is 2.94. The molecule has 0 aliphatic carbocycles. The predicted molar refractivity (Wildman–Crippen MR) is 142 cm³/mol.